The Labute approximate surface area is 182 Å². The van der Waals surface area contributed by atoms with Crippen molar-refractivity contribution in [3.8, 4) is 11.6 Å². The maximum Gasteiger partial charge on any atom is 0.265 e. The summed E-state index contributed by atoms with van der Waals surface area (Å²) in [6, 6.07) is 7.56. The highest BCUT2D eigenvalue weighted by molar-refractivity contribution is 6.31. The van der Waals surface area contributed by atoms with Crippen molar-refractivity contribution in [1.82, 2.24) is 20.0 Å². The Bertz CT molecular complexity index is 1130. The molecule has 0 bridgehead atoms. The number of ether oxygens (including phenoxy) is 1. The summed E-state index contributed by atoms with van der Waals surface area (Å²) in [6.45, 7) is 3.69. The summed E-state index contributed by atoms with van der Waals surface area (Å²) < 4.78 is 33.8. The summed E-state index contributed by atoms with van der Waals surface area (Å²) >= 11 is 5.90. The van der Waals surface area contributed by atoms with Crippen LogP contribution in [0, 0.1) is 6.92 Å². The third-order valence-corrected chi connectivity index (χ3v) is 5.26. The molecule has 0 unspecified atom stereocenters. The van der Waals surface area contributed by atoms with Gasteiger partial charge in [0.15, 0.2) is 5.84 Å². The second-order valence-corrected chi connectivity index (χ2v) is 7.48. The van der Waals surface area contributed by atoms with Crippen LogP contribution in [0.5, 0.6) is 5.88 Å². The van der Waals surface area contributed by atoms with Crippen LogP contribution in [0.15, 0.2) is 47.8 Å². The maximum atomic E-state index is 13.3. The Balaban J connectivity index is 1.70. The zero-order chi connectivity index (χ0) is 22.1. The molecule has 2 aromatic heterocycles. The zero-order valence-corrected chi connectivity index (χ0v) is 17.8. The van der Waals surface area contributed by atoms with Crippen molar-refractivity contribution in [2.24, 2.45) is 4.99 Å². The Morgan fingerprint density at radius 1 is 1.26 bits per heavy atom. The number of rotatable bonds is 5. The fourth-order valence-electron chi connectivity index (χ4n) is 3.33. The van der Waals surface area contributed by atoms with Gasteiger partial charge in [-0.25, -0.2) is 24.2 Å². The topological polar surface area (TPSA) is 73.6 Å². The molecule has 0 fully saturated rings. The van der Waals surface area contributed by atoms with Gasteiger partial charge in [-0.1, -0.05) is 17.7 Å². The number of benzene rings is 1. The van der Waals surface area contributed by atoms with Gasteiger partial charge in [-0.2, -0.15) is 0 Å². The maximum absolute atomic E-state index is 13.3. The van der Waals surface area contributed by atoms with E-state index in [1.165, 1.54) is 19.2 Å². The van der Waals surface area contributed by atoms with Gasteiger partial charge in [-0.05, 0) is 43.7 Å². The molecule has 0 aliphatic carbocycles. The molecule has 0 spiro atoms. The van der Waals surface area contributed by atoms with Crippen molar-refractivity contribution in [3.05, 3.63) is 70.4 Å². The van der Waals surface area contributed by atoms with Crippen LogP contribution in [0.2, 0.25) is 5.02 Å². The molecule has 162 valence electrons. The number of halogens is 3. The smallest absolute Gasteiger partial charge is 0.265 e. The highest BCUT2D eigenvalue weighted by Crippen LogP contribution is 2.33. The molecule has 1 aliphatic rings. The standard InChI is InChI=1S/C21H20ClF2N5O2/c1-11-9-29(10-25-11)17-7-6-16(26-21(17)30-3)20-27-18(12(2)31-28-20)13-4-5-15(22)14(8-13)19(23)24/h4-10,12,18-19H,1-3H3,(H,27,28)/t12-,18-/m1/s1. The first-order chi connectivity index (χ1) is 14.9. The molecule has 1 aromatic carbocycles. The second kappa shape index (κ2) is 8.60. The number of nitrogens with one attached hydrogen (secondary N) is 1. The number of amidine groups is 1. The molecule has 31 heavy (non-hydrogen) atoms. The van der Waals surface area contributed by atoms with Gasteiger partial charge < -0.3 is 9.30 Å². The SMILES string of the molecule is COc1nc(C2=N[C@@H](c3ccc(Cl)c(C(F)F)c3)[C@@H](C)ON2)ccc1-n1cnc(C)c1. The van der Waals surface area contributed by atoms with E-state index in [9.17, 15) is 8.78 Å². The van der Waals surface area contributed by atoms with Gasteiger partial charge in [-0.3, -0.25) is 9.83 Å². The van der Waals surface area contributed by atoms with E-state index in [1.807, 2.05) is 23.8 Å². The number of methoxy groups -OCH3 is 1. The van der Waals surface area contributed by atoms with Gasteiger partial charge in [0.25, 0.3) is 6.43 Å². The van der Waals surface area contributed by atoms with Crippen molar-refractivity contribution >= 4 is 17.4 Å². The van der Waals surface area contributed by atoms with Gasteiger partial charge in [0.05, 0.1) is 19.1 Å². The monoisotopic (exact) mass is 447 g/mol. The van der Waals surface area contributed by atoms with Crippen molar-refractivity contribution in [2.45, 2.75) is 32.4 Å². The van der Waals surface area contributed by atoms with E-state index in [1.54, 1.807) is 25.4 Å². The highest BCUT2D eigenvalue weighted by Gasteiger charge is 2.28. The summed E-state index contributed by atoms with van der Waals surface area (Å²) in [4.78, 5) is 19.1. The first-order valence-electron chi connectivity index (χ1n) is 9.50. The summed E-state index contributed by atoms with van der Waals surface area (Å²) in [5.74, 6) is 0.740. The summed E-state index contributed by atoms with van der Waals surface area (Å²) in [7, 11) is 1.52. The number of hydrogen-bond acceptors (Lipinski definition) is 6. The van der Waals surface area contributed by atoms with Crippen molar-refractivity contribution < 1.29 is 18.4 Å². The number of aryl methyl sites for hydroxylation is 1. The van der Waals surface area contributed by atoms with E-state index in [-0.39, 0.29) is 10.6 Å². The zero-order valence-electron chi connectivity index (χ0n) is 17.0. The minimum absolute atomic E-state index is 0.0159. The lowest BCUT2D eigenvalue weighted by molar-refractivity contribution is -0.00484. The highest BCUT2D eigenvalue weighted by atomic mass is 35.5. The third-order valence-electron chi connectivity index (χ3n) is 4.92. The molecular formula is C21H20ClF2N5O2. The van der Waals surface area contributed by atoms with E-state index < -0.39 is 18.6 Å². The van der Waals surface area contributed by atoms with Crippen LogP contribution in [-0.2, 0) is 4.84 Å². The number of nitrogens with zero attached hydrogens (tertiary/aromatic N) is 4. The quantitative estimate of drug-likeness (QED) is 0.619. The third kappa shape index (κ3) is 4.24. The lowest BCUT2D eigenvalue weighted by Gasteiger charge is -2.28. The van der Waals surface area contributed by atoms with Crippen molar-refractivity contribution in [1.29, 1.82) is 0 Å². The Morgan fingerprint density at radius 3 is 2.74 bits per heavy atom. The Morgan fingerprint density at radius 2 is 2.06 bits per heavy atom. The molecular weight excluding hydrogens is 428 g/mol. The number of pyridine rings is 1. The van der Waals surface area contributed by atoms with E-state index in [4.69, 9.17) is 21.2 Å². The van der Waals surface area contributed by atoms with Crippen LogP contribution in [0.25, 0.3) is 5.69 Å². The fourth-order valence-corrected chi connectivity index (χ4v) is 3.53. The molecule has 3 aromatic rings. The summed E-state index contributed by atoms with van der Waals surface area (Å²) in [5, 5.41) is 0.0159. The molecule has 4 rings (SSSR count). The molecule has 0 saturated heterocycles. The molecule has 0 amide bonds. The minimum atomic E-state index is -2.68. The molecule has 7 nitrogen and oxygen atoms in total. The number of hydrogen-bond donors (Lipinski definition) is 1. The molecule has 1 aliphatic heterocycles. The van der Waals surface area contributed by atoms with E-state index in [0.29, 0.717) is 28.7 Å². The molecule has 0 saturated carbocycles. The number of imidazole rings is 1. The molecule has 10 heteroatoms. The van der Waals surface area contributed by atoms with E-state index >= 15 is 0 Å². The average Bonchev–Trinajstić information content (AvgIpc) is 3.20. The number of aromatic nitrogens is 3. The molecule has 0 radical (unpaired) electrons. The Hall–Kier alpha value is -3.04. The van der Waals surface area contributed by atoms with Crippen LogP contribution in [0.3, 0.4) is 0 Å². The number of aliphatic imine (C=N–C) groups is 1. The predicted molar refractivity (Wildman–Crippen MR) is 112 cm³/mol. The molecule has 1 N–H and O–H groups in total. The van der Waals surface area contributed by atoms with Gasteiger partial charge in [-0.15, -0.1) is 0 Å². The first-order valence-corrected chi connectivity index (χ1v) is 9.88. The first kappa shape index (κ1) is 21.2. The van der Waals surface area contributed by atoms with Gasteiger partial charge >= 0.3 is 0 Å². The van der Waals surface area contributed by atoms with Crippen molar-refractivity contribution in [2.75, 3.05) is 7.11 Å². The van der Waals surface area contributed by atoms with Crippen LogP contribution < -0.4 is 10.2 Å². The van der Waals surface area contributed by atoms with Crippen LogP contribution in [0.1, 0.15) is 41.9 Å². The van der Waals surface area contributed by atoms with Crippen LogP contribution in [0.4, 0.5) is 8.78 Å². The predicted octanol–water partition coefficient (Wildman–Crippen LogP) is 4.59. The van der Waals surface area contributed by atoms with Gasteiger partial charge in [0.1, 0.15) is 23.5 Å². The van der Waals surface area contributed by atoms with E-state index in [0.717, 1.165) is 5.69 Å². The number of hydroxylamine groups is 1. The second-order valence-electron chi connectivity index (χ2n) is 7.08. The normalized spacial score (nSPS) is 18.6. The fraction of sp³-hybridized carbons (Fsp3) is 0.286. The lowest BCUT2D eigenvalue weighted by Crippen LogP contribution is -2.38. The van der Waals surface area contributed by atoms with Crippen LogP contribution in [-0.4, -0.2) is 33.6 Å². The molecule has 2 atom stereocenters. The minimum Gasteiger partial charge on any atom is -0.479 e. The number of alkyl halides is 2. The lowest BCUT2D eigenvalue weighted by atomic mass is 10.00. The van der Waals surface area contributed by atoms with E-state index in [2.05, 4.69) is 20.4 Å². The van der Waals surface area contributed by atoms with Gasteiger partial charge in [0, 0.05) is 16.8 Å². The summed E-state index contributed by atoms with van der Waals surface area (Å²) in [5.41, 5.74) is 5.19. The largest absolute Gasteiger partial charge is 0.479 e. The van der Waals surface area contributed by atoms with Crippen LogP contribution >= 0.6 is 11.6 Å². The van der Waals surface area contributed by atoms with Gasteiger partial charge in [0.2, 0.25) is 5.88 Å². The molecule has 3 heterocycles. The van der Waals surface area contributed by atoms with Crippen molar-refractivity contribution in [3.63, 3.8) is 0 Å². The Kier molecular flexibility index (Phi) is 5.88. The average molecular weight is 448 g/mol. The summed E-state index contributed by atoms with van der Waals surface area (Å²) in [6.07, 6.45) is 0.453.